The third-order valence-electron chi connectivity index (χ3n) is 3.97. The van der Waals surface area contributed by atoms with Gasteiger partial charge in [-0.3, -0.25) is 9.59 Å². The number of hydrogen-bond donors (Lipinski definition) is 3. The summed E-state index contributed by atoms with van der Waals surface area (Å²) in [5, 5.41) is 14.9. The molecule has 0 aromatic heterocycles. The Kier molecular flexibility index (Phi) is 6.84. The maximum atomic E-state index is 11.8. The molecule has 3 N–H and O–H groups in total. The third kappa shape index (κ3) is 6.05. The Bertz CT molecular complexity index is 301. The number of carbonyl (C=O) groups excluding carboxylic acids is 1. The number of rotatable bonds is 7. The number of carboxylic acids is 1. The third-order valence-corrected chi connectivity index (χ3v) is 3.97. The van der Waals surface area contributed by atoms with Crippen LogP contribution in [0.5, 0.6) is 0 Å². The largest absolute Gasteiger partial charge is 0.481 e. The van der Waals surface area contributed by atoms with Crippen molar-refractivity contribution in [2.24, 2.45) is 17.8 Å². The molecule has 5 heteroatoms. The molecule has 1 aliphatic heterocycles. The summed E-state index contributed by atoms with van der Waals surface area (Å²) >= 11 is 0. The lowest BCUT2D eigenvalue weighted by molar-refractivity contribution is -0.141. The Morgan fingerprint density at radius 3 is 2.74 bits per heavy atom. The zero-order chi connectivity index (χ0) is 14.3. The van der Waals surface area contributed by atoms with Crippen LogP contribution in [0.3, 0.4) is 0 Å². The van der Waals surface area contributed by atoms with E-state index in [9.17, 15) is 9.59 Å². The lowest BCUT2D eigenvalue weighted by Gasteiger charge is -2.28. The van der Waals surface area contributed by atoms with Gasteiger partial charge in [-0.1, -0.05) is 13.8 Å². The van der Waals surface area contributed by atoms with Crippen LogP contribution in [0.25, 0.3) is 0 Å². The van der Waals surface area contributed by atoms with Crippen LogP contribution in [0.15, 0.2) is 0 Å². The molecule has 0 spiro atoms. The van der Waals surface area contributed by atoms with E-state index in [1.807, 2.05) is 0 Å². The Labute approximate surface area is 115 Å². The normalized spacial score (nSPS) is 22.5. The van der Waals surface area contributed by atoms with E-state index in [-0.39, 0.29) is 5.91 Å². The molecule has 0 aromatic carbocycles. The van der Waals surface area contributed by atoms with Gasteiger partial charge in [0.2, 0.25) is 5.91 Å². The molecule has 0 bridgehead atoms. The van der Waals surface area contributed by atoms with Crippen molar-refractivity contribution in [1.82, 2.24) is 10.6 Å². The highest BCUT2D eigenvalue weighted by Crippen LogP contribution is 2.22. The van der Waals surface area contributed by atoms with E-state index in [0.29, 0.717) is 31.2 Å². The molecule has 1 heterocycles. The fourth-order valence-corrected chi connectivity index (χ4v) is 2.45. The summed E-state index contributed by atoms with van der Waals surface area (Å²) in [6.45, 7) is 6.32. The molecule has 0 saturated carbocycles. The van der Waals surface area contributed by atoms with Gasteiger partial charge in [0.15, 0.2) is 0 Å². The summed E-state index contributed by atoms with van der Waals surface area (Å²) in [7, 11) is 0. The zero-order valence-corrected chi connectivity index (χ0v) is 11.9. The predicted octanol–water partition coefficient (Wildman–Crippen LogP) is 1.24. The molecule has 1 amide bonds. The molecule has 0 aromatic rings. The fraction of sp³-hybridized carbons (Fsp3) is 0.857. The van der Waals surface area contributed by atoms with Gasteiger partial charge >= 0.3 is 5.97 Å². The SMILES string of the molecule is CC(CCNC(=O)CC(C)C1CCCNC1)C(=O)O. The van der Waals surface area contributed by atoms with Crippen molar-refractivity contribution < 1.29 is 14.7 Å². The van der Waals surface area contributed by atoms with Crippen LogP contribution in [0.1, 0.15) is 39.5 Å². The van der Waals surface area contributed by atoms with Crippen molar-refractivity contribution in [2.75, 3.05) is 19.6 Å². The number of nitrogens with one attached hydrogen (secondary N) is 2. The van der Waals surface area contributed by atoms with Crippen molar-refractivity contribution in [2.45, 2.75) is 39.5 Å². The summed E-state index contributed by atoms with van der Waals surface area (Å²) in [5.74, 6) is -0.214. The van der Waals surface area contributed by atoms with Crippen LogP contribution >= 0.6 is 0 Å². The van der Waals surface area contributed by atoms with Crippen molar-refractivity contribution in [3.63, 3.8) is 0 Å². The number of hydrogen-bond acceptors (Lipinski definition) is 3. The molecule has 0 radical (unpaired) electrons. The number of piperidine rings is 1. The van der Waals surface area contributed by atoms with Gasteiger partial charge in [0, 0.05) is 13.0 Å². The Hall–Kier alpha value is -1.10. The van der Waals surface area contributed by atoms with Gasteiger partial charge in [-0.15, -0.1) is 0 Å². The highest BCUT2D eigenvalue weighted by Gasteiger charge is 2.22. The van der Waals surface area contributed by atoms with Crippen LogP contribution in [-0.4, -0.2) is 36.6 Å². The molecule has 3 unspecified atom stereocenters. The Morgan fingerprint density at radius 1 is 1.42 bits per heavy atom. The molecule has 1 aliphatic rings. The number of aliphatic carboxylic acids is 1. The monoisotopic (exact) mass is 270 g/mol. The smallest absolute Gasteiger partial charge is 0.306 e. The quantitative estimate of drug-likeness (QED) is 0.650. The van der Waals surface area contributed by atoms with E-state index in [1.54, 1.807) is 6.92 Å². The summed E-state index contributed by atoms with van der Waals surface area (Å²) in [6, 6.07) is 0. The Morgan fingerprint density at radius 2 is 2.16 bits per heavy atom. The first-order valence-corrected chi connectivity index (χ1v) is 7.21. The molecule has 5 nitrogen and oxygen atoms in total. The van der Waals surface area contributed by atoms with Gasteiger partial charge < -0.3 is 15.7 Å². The van der Waals surface area contributed by atoms with Crippen molar-refractivity contribution in [3.8, 4) is 0 Å². The molecule has 1 rings (SSSR count). The Balaban J connectivity index is 2.17. The molecular weight excluding hydrogens is 244 g/mol. The van der Waals surface area contributed by atoms with E-state index in [0.717, 1.165) is 13.1 Å². The standard InChI is InChI=1S/C14H26N2O3/c1-10(14(18)19)5-7-16-13(17)8-11(2)12-4-3-6-15-9-12/h10-12,15H,3-9H2,1-2H3,(H,16,17)(H,18,19). The average molecular weight is 270 g/mol. The van der Waals surface area contributed by atoms with E-state index in [2.05, 4.69) is 17.6 Å². The molecule has 0 aliphatic carbocycles. The molecule has 110 valence electrons. The molecule has 1 saturated heterocycles. The topological polar surface area (TPSA) is 78.4 Å². The van der Waals surface area contributed by atoms with Crippen molar-refractivity contribution in [1.29, 1.82) is 0 Å². The minimum Gasteiger partial charge on any atom is -0.481 e. The second-order valence-electron chi connectivity index (χ2n) is 5.67. The van der Waals surface area contributed by atoms with E-state index in [4.69, 9.17) is 5.11 Å². The number of amides is 1. The van der Waals surface area contributed by atoms with Gasteiger partial charge in [-0.25, -0.2) is 0 Å². The van der Waals surface area contributed by atoms with Crippen LogP contribution in [0.2, 0.25) is 0 Å². The highest BCUT2D eigenvalue weighted by molar-refractivity contribution is 5.76. The molecule has 3 atom stereocenters. The van der Waals surface area contributed by atoms with Gasteiger partial charge in [0.05, 0.1) is 5.92 Å². The minimum atomic E-state index is -0.809. The van der Waals surface area contributed by atoms with E-state index < -0.39 is 11.9 Å². The summed E-state index contributed by atoms with van der Waals surface area (Å²) in [4.78, 5) is 22.4. The van der Waals surface area contributed by atoms with Gasteiger partial charge in [-0.2, -0.15) is 0 Å². The van der Waals surface area contributed by atoms with Crippen LogP contribution in [0, 0.1) is 17.8 Å². The lowest BCUT2D eigenvalue weighted by atomic mass is 9.85. The molecular formula is C14H26N2O3. The fourth-order valence-electron chi connectivity index (χ4n) is 2.45. The summed E-state index contributed by atoms with van der Waals surface area (Å²) in [6.07, 6.45) is 3.40. The second-order valence-corrected chi connectivity index (χ2v) is 5.67. The first kappa shape index (κ1) is 16.0. The molecule has 1 fully saturated rings. The maximum Gasteiger partial charge on any atom is 0.306 e. The second kappa shape index (κ2) is 8.15. The maximum absolute atomic E-state index is 11.8. The first-order chi connectivity index (χ1) is 9.00. The van der Waals surface area contributed by atoms with Gasteiger partial charge in [0.25, 0.3) is 0 Å². The average Bonchev–Trinajstić information content (AvgIpc) is 2.39. The lowest BCUT2D eigenvalue weighted by Crippen LogP contribution is -2.36. The number of carbonyl (C=O) groups is 2. The van der Waals surface area contributed by atoms with Crippen LogP contribution in [-0.2, 0) is 9.59 Å². The highest BCUT2D eigenvalue weighted by atomic mass is 16.4. The van der Waals surface area contributed by atoms with Crippen LogP contribution in [0.4, 0.5) is 0 Å². The van der Waals surface area contributed by atoms with Gasteiger partial charge in [-0.05, 0) is 44.2 Å². The minimum absolute atomic E-state index is 0.0377. The molecule has 19 heavy (non-hydrogen) atoms. The van der Waals surface area contributed by atoms with Crippen LogP contribution < -0.4 is 10.6 Å². The number of carboxylic acid groups (broad SMARTS) is 1. The zero-order valence-electron chi connectivity index (χ0n) is 11.9. The summed E-state index contributed by atoms with van der Waals surface area (Å²) in [5.41, 5.74) is 0. The van der Waals surface area contributed by atoms with Gasteiger partial charge in [0.1, 0.15) is 0 Å². The summed E-state index contributed by atoms with van der Waals surface area (Å²) < 4.78 is 0. The van der Waals surface area contributed by atoms with Crippen molar-refractivity contribution >= 4 is 11.9 Å². The van der Waals surface area contributed by atoms with E-state index >= 15 is 0 Å². The predicted molar refractivity (Wildman–Crippen MR) is 73.8 cm³/mol. The first-order valence-electron chi connectivity index (χ1n) is 7.21. The van der Waals surface area contributed by atoms with Crippen molar-refractivity contribution in [3.05, 3.63) is 0 Å². The van der Waals surface area contributed by atoms with E-state index in [1.165, 1.54) is 12.8 Å².